The van der Waals surface area contributed by atoms with Crippen molar-refractivity contribution in [3.63, 3.8) is 0 Å². The van der Waals surface area contributed by atoms with Crippen LogP contribution in [-0.4, -0.2) is 11.0 Å². The molecular formula is C15H15NO2S. The van der Waals surface area contributed by atoms with Crippen LogP contribution in [0.5, 0.6) is 5.75 Å². The van der Waals surface area contributed by atoms with Crippen LogP contribution in [0, 0.1) is 6.92 Å². The van der Waals surface area contributed by atoms with E-state index < -0.39 is 0 Å². The van der Waals surface area contributed by atoms with E-state index in [0.29, 0.717) is 5.75 Å². The van der Waals surface area contributed by atoms with E-state index in [1.165, 1.54) is 11.0 Å². The van der Waals surface area contributed by atoms with Gasteiger partial charge in [0.1, 0.15) is 10.8 Å². The molecule has 1 aromatic heterocycles. The van der Waals surface area contributed by atoms with E-state index in [9.17, 15) is 4.79 Å². The molecule has 0 N–H and O–H groups in total. The van der Waals surface area contributed by atoms with E-state index in [0.717, 1.165) is 17.0 Å². The predicted octanol–water partition coefficient (Wildman–Crippen LogP) is 3.99. The van der Waals surface area contributed by atoms with Crippen molar-refractivity contribution in [3.8, 4) is 16.3 Å². The molecule has 0 aliphatic rings. The summed E-state index contributed by atoms with van der Waals surface area (Å²) < 4.78 is 5.17. The lowest BCUT2D eigenvalue weighted by Crippen LogP contribution is -2.03. The van der Waals surface area contributed by atoms with Gasteiger partial charge in [0, 0.05) is 22.7 Å². The molecule has 0 atom stereocenters. The van der Waals surface area contributed by atoms with Crippen molar-refractivity contribution in [1.82, 2.24) is 4.98 Å². The number of allylic oxidation sites excluding steroid dienone is 1. The summed E-state index contributed by atoms with van der Waals surface area (Å²) in [4.78, 5) is 16.9. The molecule has 0 unspecified atom stereocenters. The molecule has 98 valence electrons. The number of hydrogen-bond acceptors (Lipinski definition) is 4. The maximum absolute atomic E-state index is 11.4. The highest BCUT2D eigenvalue weighted by molar-refractivity contribution is 7.14. The van der Waals surface area contributed by atoms with Crippen LogP contribution in [0.4, 0.5) is 0 Å². The number of aryl methyl sites for hydroxylation is 1. The molecule has 0 radical (unpaired) electrons. The number of hydrogen-bond donors (Lipinski definition) is 0. The zero-order valence-corrected chi connectivity index (χ0v) is 11.7. The van der Waals surface area contributed by atoms with Crippen molar-refractivity contribution < 1.29 is 9.53 Å². The largest absolute Gasteiger partial charge is 0.423 e. The minimum Gasteiger partial charge on any atom is -0.423 e. The Labute approximate surface area is 116 Å². The third-order valence-electron chi connectivity index (χ3n) is 2.43. The smallest absolute Gasteiger partial charge is 0.335 e. The van der Waals surface area contributed by atoms with Gasteiger partial charge < -0.3 is 4.74 Å². The zero-order chi connectivity index (χ0) is 13.7. The summed E-state index contributed by atoms with van der Waals surface area (Å²) in [6.07, 6.45) is 5.88. The molecule has 2 rings (SSSR count). The highest BCUT2D eigenvalue weighted by Gasteiger charge is 2.04. The molecule has 0 saturated heterocycles. The van der Waals surface area contributed by atoms with Gasteiger partial charge in [-0.25, -0.2) is 9.78 Å². The first kappa shape index (κ1) is 13.5. The number of esters is 1. The Morgan fingerprint density at radius 2 is 2.11 bits per heavy atom. The summed E-state index contributed by atoms with van der Waals surface area (Å²) >= 11 is 1.64. The standard InChI is InChI=1S/C15H15NO2S/c1-3-4-5-14(17)18-13-8-6-12(7-9-13)15-16-10-11(2)19-15/h4-10H,3H2,1-2H3/b5-4+. The monoisotopic (exact) mass is 273 g/mol. The van der Waals surface area contributed by atoms with E-state index in [1.54, 1.807) is 29.5 Å². The van der Waals surface area contributed by atoms with Crippen LogP contribution in [0.2, 0.25) is 0 Å². The van der Waals surface area contributed by atoms with E-state index in [-0.39, 0.29) is 5.97 Å². The number of aromatic nitrogens is 1. The molecule has 1 heterocycles. The average Bonchev–Trinajstić information content (AvgIpc) is 2.84. The number of benzene rings is 1. The second kappa shape index (κ2) is 6.29. The first-order valence-electron chi connectivity index (χ1n) is 6.10. The molecular weight excluding hydrogens is 258 g/mol. The lowest BCUT2D eigenvalue weighted by Gasteiger charge is -2.02. The third-order valence-corrected chi connectivity index (χ3v) is 3.39. The molecule has 19 heavy (non-hydrogen) atoms. The van der Waals surface area contributed by atoms with Crippen LogP contribution in [0.1, 0.15) is 18.2 Å². The van der Waals surface area contributed by atoms with Crippen molar-refractivity contribution in [3.05, 3.63) is 47.5 Å². The minimum atomic E-state index is -0.348. The second-order valence-corrected chi connectivity index (χ2v) is 5.27. The van der Waals surface area contributed by atoms with Crippen LogP contribution in [0.15, 0.2) is 42.6 Å². The number of carbonyl (C=O) groups is 1. The topological polar surface area (TPSA) is 39.2 Å². The average molecular weight is 273 g/mol. The van der Waals surface area contributed by atoms with E-state index in [2.05, 4.69) is 4.98 Å². The lowest BCUT2D eigenvalue weighted by molar-refractivity contribution is -0.129. The van der Waals surface area contributed by atoms with Gasteiger partial charge in [0.15, 0.2) is 0 Å². The van der Waals surface area contributed by atoms with Gasteiger partial charge in [-0.2, -0.15) is 0 Å². The Hall–Kier alpha value is -1.94. The molecule has 1 aromatic carbocycles. The Morgan fingerprint density at radius 3 is 2.68 bits per heavy atom. The van der Waals surface area contributed by atoms with Crippen LogP contribution in [-0.2, 0) is 4.79 Å². The maximum atomic E-state index is 11.4. The minimum absolute atomic E-state index is 0.348. The zero-order valence-electron chi connectivity index (χ0n) is 10.9. The number of ether oxygens (including phenoxy) is 1. The summed E-state index contributed by atoms with van der Waals surface area (Å²) in [5.41, 5.74) is 1.03. The molecule has 0 bridgehead atoms. The highest BCUT2D eigenvalue weighted by Crippen LogP contribution is 2.26. The van der Waals surface area contributed by atoms with Crippen LogP contribution in [0.3, 0.4) is 0 Å². The Bertz CT molecular complexity index is 584. The fourth-order valence-electron chi connectivity index (χ4n) is 1.52. The SMILES string of the molecule is CC/C=C/C(=O)Oc1ccc(-c2ncc(C)s2)cc1. The normalized spacial score (nSPS) is 10.8. The predicted molar refractivity (Wildman–Crippen MR) is 77.4 cm³/mol. The Kier molecular flexibility index (Phi) is 4.47. The summed E-state index contributed by atoms with van der Waals surface area (Å²) in [6, 6.07) is 7.38. The van der Waals surface area contributed by atoms with Crippen molar-refractivity contribution in [1.29, 1.82) is 0 Å². The summed E-state index contributed by atoms with van der Waals surface area (Å²) in [7, 11) is 0. The van der Waals surface area contributed by atoms with Gasteiger partial charge in [0.05, 0.1) is 0 Å². The fourth-order valence-corrected chi connectivity index (χ4v) is 2.29. The Balaban J connectivity index is 2.06. The van der Waals surface area contributed by atoms with E-state index in [1.807, 2.05) is 32.2 Å². The molecule has 3 nitrogen and oxygen atoms in total. The third kappa shape index (κ3) is 3.76. The van der Waals surface area contributed by atoms with E-state index in [4.69, 9.17) is 4.74 Å². The summed E-state index contributed by atoms with van der Waals surface area (Å²) in [5, 5.41) is 0.973. The van der Waals surface area contributed by atoms with Crippen molar-refractivity contribution in [2.24, 2.45) is 0 Å². The van der Waals surface area contributed by atoms with Gasteiger partial charge in [-0.3, -0.25) is 0 Å². The van der Waals surface area contributed by atoms with Crippen LogP contribution < -0.4 is 4.74 Å². The quantitative estimate of drug-likeness (QED) is 0.480. The highest BCUT2D eigenvalue weighted by atomic mass is 32.1. The van der Waals surface area contributed by atoms with Gasteiger partial charge in [-0.05, 0) is 37.6 Å². The molecule has 0 spiro atoms. The number of nitrogens with zero attached hydrogens (tertiary/aromatic N) is 1. The molecule has 0 fully saturated rings. The fraction of sp³-hybridized carbons (Fsp3) is 0.200. The number of carbonyl (C=O) groups excluding carboxylic acids is 1. The first-order valence-corrected chi connectivity index (χ1v) is 6.92. The van der Waals surface area contributed by atoms with Crippen LogP contribution >= 0.6 is 11.3 Å². The molecule has 0 aliphatic heterocycles. The Morgan fingerprint density at radius 1 is 1.37 bits per heavy atom. The molecule has 0 aliphatic carbocycles. The van der Waals surface area contributed by atoms with Gasteiger partial charge in [-0.15, -0.1) is 11.3 Å². The second-order valence-electron chi connectivity index (χ2n) is 4.03. The molecule has 2 aromatic rings. The van der Waals surface area contributed by atoms with Crippen LogP contribution in [0.25, 0.3) is 10.6 Å². The van der Waals surface area contributed by atoms with Crippen molar-refractivity contribution in [2.75, 3.05) is 0 Å². The summed E-state index contributed by atoms with van der Waals surface area (Å²) in [5.74, 6) is 0.197. The van der Waals surface area contributed by atoms with Crippen molar-refractivity contribution >= 4 is 17.3 Å². The molecule has 4 heteroatoms. The molecule has 0 amide bonds. The van der Waals surface area contributed by atoms with Gasteiger partial charge in [0.25, 0.3) is 0 Å². The number of thiazole rings is 1. The van der Waals surface area contributed by atoms with E-state index >= 15 is 0 Å². The maximum Gasteiger partial charge on any atom is 0.335 e. The molecule has 0 saturated carbocycles. The first-order chi connectivity index (χ1) is 9.19. The van der Waals surface area contributed by atoms with Gasteiger partial charge in [0.2, 0.25) is 0 Å². The van der Waals surface area contributed by atoms with Gasteiger partial charge in [-0.1, -0.05) is 13.0 Å². The summed E-state index contributed by atoms with van der Waals surface area (Å²) in [6.45, 7) is 3.99. The van der Waals surface area contributed by atoms with Gasteiger partial charge >= 0.3 is 5.97 Å². The lowest BCUT2D eigenvalue weighted by atomic mass is 10.2. The van der Waals surface area contributed by atoms with Crippen molar-refractivity contribution in [2.45, 2.75) is 20.3 Å². The number of rotatable bonds is 4.